The Labute approximate surface area is 140 Å². The highest BCUT2D eigenvalue weighted by Gasteiger charge is 2.29. The Morgan fingerprint density at radius 3 is 2.88 bits per heavy atom. The third-order valence-electron chi connectivity index (χ3n) is 4.21. The fraction of sp³-hybridized carbons (Fsp3) is 0.389. The predicted molar refractivity (Wildman–Crippen MR) is 88.1 cm³/mol. The van der Waals surface area contributed by atoms with Crippen LogP contribution in [0.1, 0.15) is 35.9 Å². The van der Waals surface area contributed by atoms with Crippen LogP contribution in [0.3, 0.4) is 0 Å². The molecule has 1 saturated heterocycles. The Balaban J connectivity index is 1.74. The maximum atomic E-state index is 12.7. The molecule has 2 amide bonds. The molecule has 2 heterocycles. The van der Waals surface area contributed by atoms with Crippen molar-refractivity contribution in [3.63, 3.8) is 0 Å². The van der Waals surface area contributed by atoms with Crippen molar-refractivity contribution in [3.8, 4) is 0 Å². The van der Waals surface area contributed by atoms with E-state index in [1.807, 2.05) is 43.3 Å². The van der Waals surface area contributed by atoms with Gasteiger partial charge >= 0.3 is 0 Å². The second-order valence-corrected chi connectivity index (χ2v) is 6.00. The van der Waals surface area contributed by atoms with Crippen molar-refractivity contribution in [1.82, 2.24) is 15.4 Å². The van der Waals surface area contributed by atoms with Gasteiger partial charge in [-0.25, -0.2) is 0 Å². The molecular weight excluding hydrogens is 306 g/mol. The SMILES string of the molecule is Cc1cc(CCC(=O)N2CCNC(=O)CC2c2ccccc2)no1. The summed E-state index contributed by atoms with van der Waals surface area (Å²) >= 11 is 0. The van der Waals surface area contributed by atoms with Crippen LogP contribution in [0.4, 0.5) is 0 Å². The molecule has 3 rings (SSSR count). The van der Waals surface area contributed by atoms with Crippen LogP contribution in [0.15, 0.2) is 40.9 Å². The van der Waals surface area contributed by atoms with E-state index in [4.69, 9.17) is 4.52 Å². The summed E-state index contributed by atoms with van der Waals surface area (Å²) in [6.45, 7) is 2.83. The molecule has 1 atom stereocenters. The normalized spacial score (nSPS) is 18.1. The number of hydrogen-bond acceptors (Lipinski definition) is 4. The molecule has 0 spiro atoms. The average molecular weight is 327 g/mol. The zero-order valence-corrected chi connectivity index (χ0v) is 13.7. The number of rotatable bonds is 4. The number of hydrogen-bond donors (Lipinski definition) is 1. The van der Waals surface area contributed by atoms with Gasteiger partial charge in [-0.1, -0.05) is 35.5 Å². The number of benzene rings is 1. The Morgan fingerprint density at radius 1 is 1.38 bits per heavy atom. The van der Waals surface area contributed by atoms with E-state index in [1.165, 1.54) is 0 Å². The van der Waals surface area contributed by atoms with Crippen LogP contribution in [-0.4, -0.2) is 35.0 Å². The van der Waals surface area contributed by atoms with Crippen LogP contribution in [-0.2, 0) is 16.0 Å². The van der Waals surface area contributed by atoms with Crippen LogP contribution >= 0.6 is 0 Å². The van der Waals surface area contributed by atoms with E-state index in [-0.39, 0.29) is 17.9 Å². The molecule has 1 aliphatic heterocycles. The van der Waals surface area contributed by atoms with Crippen LogP contribution < -0.4 is 5.32 Å². The van der Waals surface area contributed by atoms with Gasteiger partial charge in [-0.05, 0) is 12.5 Å². The molecule has 6 nitrogen and oxygen atoms in total. The van der Waals surface area contributed by atoms with Crippen molar-refractivity contribution in [1.29, 1.82) is 0 Å². The molecule has 0 radical (unpaired) electrons. The van der Waals surface area contributed by atoms with E-state index in [2.05, 4.69) is 10.5 Å². The number of aryl methyl sites for hydroxylation is 2. The summed E-state index contributed by atoms with van der Waals surface area (Å²) in [6.07, 6.45) is 1.18. The summed E-state index contributed by atoms with van der Waals surface area (Å²) in [5.74, 6) is 0.747. The fourth-order valence-corrected chi connectivity index (χ4v) is 3.02. The van der Waals surface area contributed by atoms with Gasteiger partial charge in [-0.15, -0.1) is 0 Å². The highest BCUT2D eigenvalue weighted by Crippen LogP contribution is 2.26. The largest absolute Gasteiger partial charge is 0.361 e. The Kier molecular flexibility index (Phi) is 4.93. The molecule has 0 saturated carbocycles. The predicted octanol–water partition coefficient (Wildman–Crippen LogP) is 2.01. The molecule has 1 aliphatic rings. The molecule has 24 heavy (non-hydrogen) atoms. The molecule has 1 aromatic carbocycles. The van der Waals surface area contributed by atoms with Crippen molar-refractivity contribution >= 4 is 11.8 Å². The second kappa shape index (κ2) is 7.29. The van der Waals surface area contributed by atoms with Gasteiger partial charge in [0.1, 0.15) is 5.76 Å². The molecule has 2 aromatic rings. The molecule has 1 fully saturated rings. The minimum atomic E-state index is -0.222. The Morgan fingerprint density at radius 2 is 2.17 bits per heavy atom. The molecule has 1 aromatic heterocycles. The zero-order valence-electron chi connectivity index (χ0n) is 13.7. The first-order valence-electron chi connectivity index (χ1n) is 8.17. The highest BCUT2D eigenvalue weighted by molar-refractivity contribution is 5.81. The molecule has 6 heteroatoms. The quantitative estimate of drug-likeness (QED) is 0.932. The molecular formula is C18H21N3O3. The number of carbonyl (C=O) groups is 2. The third kappa shape index (κ3) is 3.82. The average Bonchev–Trinajstić information content (AvgIpc) is 2.90. The van der Waals surface area contributed by atoms with E-state index in [0.717, 1.165) is 17.0 Å². The van der Waals surface area contributed by atoms with Crippen molar-refractivity contribution in [2.24, 2.45) is 0 Å². The summed E-state index contributed by atoms with van der Waals surface area (Å²) < 4.78 is 5.04. The van der Waals surface area contributed by atoms with Crippen LogP contribution in [0.2, 0.25) is 0 Å². The Hall–Kier alpha value is -2.63. The smallest absolute Gasteiger partial charge is 0.223 e. The van der Waals surface area contributed by atoms with Gasteiger partial charge in [0, 0.05) is 32.0 Å². The van der Waals surface area contributed by atoms with Gasteiger partial charge in [0.15, 0.2) is 0 Å². The number of nitrogens with one attached hydrogen (secondary N) is 1. The number of amides is 2. The lowest BCUT2D eigenvalue weighted by Gasteiger charge is -2.29. The summed E-state index contributed by atoms with van der Waals surface area (Å²) in [5, 5.41) is 6.77. The van der Waals surface area contributed by atoms with Gasteiger partial charge in [0.25, 0.3) is 0 Å². The summed E-state index contributed by atoms with van der Waals surface area (Å²) in [6, 6.07) is 11.3. The van der Waals surface area contributed by atoms with E-state index < -0.39 is 0 Å². The summed E-state index contributed by atoms with van der Waals surface area (Å²) in [5.41, 5.74) is 1.77. The molecule has 126 valence electrons. The summed E-state index contributed by atoms with van der Waals surface area (Å²) in [7, 11) is 0. The Bertz CT molecular complexity index is 711. The molecule has 0 bridgehead atoms. The van der Waals surface area contributed by atoms with Crippen molar-refractivity contribution in [2.45, 2.75) is 32.2 Å². The van der Waals surface area contributed by atoms with E-state index in [1.54, 1.807) is 4.90 Å². The number of carbonyl (C=O) groups excluding carboxylic acids is 2. The van der Waals surface area contributed by atoms with Crippen molar-refractivity contribution < 1.29 is 14.1 Å². The van der Waals surface area contributed by atoms with Crippen LogP contribution in [0.25, 0.3) is 0 Å². The first-order valence-corrected chi connectivity index (χ1v) is 8.17. The minimum Gasteiger partial charge on any atom is -0.361 e. The molecule has 1 unspecified atom stereocenters. The lowest BCUT2D eigenvalue weighted by molar-refractivity contribution is -0.133. The monoisotopic (exact) mass is 327 g/mol. The topological polar surface area (TPSA) is 75.4 Å². The van der Waals surface area contributed by atoms with Crippen LogP contribution in [0.5, 0.6) is 0 Å². The lowest BCUT2D eigenvalue weighted by atomic mass is 10.0. The van der Waals surface area contributed by atoms with E-state index >= 15 is 0 Å². The first kappa shape index (κ1) is 16.2. The third-order valence-corrected chi connectivity index (χ3v) is 4.21. The number of nitrogens with zero attached hydrogens (tertiary/aromatic N) is 2. The second-order valence-electron chi connectivity index (χ2n) is 6.00. The summed E-state index contributed by atoms with van der Waals surface area (Å²) in [4.78, 5) is 26.5. The maximum absolute atomic E-state index is 12.7. The zero-order chi connectivity index (χ0) is 16.9. The first-order chi connectivity index (χ1) is 11.6. The van der Waals surface area contributed by atoms with Gasteiger partial charge in [-0.3, -0.25) is 9.59 Å². The lowest BCUT2D eigenvalue weighted by Crippen LogP contribution is -2.36. The standard InChI is InChI=1S/C18H21N3O3/c1-13-11-15(20-24-13)7-8-18(23)21-10-9-19-17(22)12-16(21)14-5-3-2-4-6-14/h2-6,11,16H,7-10,12H2,1H3,(H,19,22). The molecule has 1 N–H and O–H groups in total. The highest BCUT2D eigenvalue weighted by atomic mass is 16.5. The minimum absolute atomic E-state index is 0.0220. The number of aromatic nitrogens is 1. The van der Waals surface area contributed by atoms with Gasteiger partial charge < -0.3 is 14.7 Å². The van der Waals surface area contributed by atoms with Crippen molar-refractivity contribution in [3.05, 3.63) is 53.4 Å². The van der Waals surface area contributed by atoms with E-state index in [0.29, 0.717) is 32.4 Å². The molecule has 0 aliphatic carbocycles. The van der Waals surface area contributed by atoms with Gasteiger partial charge in [-0.2, -0.15) is 0 Å². The fourth-order valence-electron chi connectivity index (χ4n) is 3.02. The van der Waals surface area contributed by atoms with E-state index in [9.17, 15) is 9.59 Å². The van der Waals surface area contributed by atoms with Crippen LogP contribution in [0, 0.1) is 6.92 Å². The van der Waals surface area contributed by atoms with Gasteiger partial charge in [0.05, 0.1) is 18.2 Å². The van der Waals surface area contributed by atoms with Crippen molar-refractivity contribution in [2.75, 3.05) is 13.1 Å². The van der Waals surface area contributed by atoms with Gasteiger partial charge in [0.2, 0.25) is 11.8 Å². The maximum Gasteiger partial charge on any atom is 0.223 e.